The fourth-order valence-electron chi connectivity index (χ4n) is 2.83. The number of fused-ring (bicyclic) bond motifs is 1. The van der Waals surface area contributed by atoms with Gasteiger partial charge in [0, 0.05) is 26.1 Å². The third kappa shape index (κ3) is 2.68. The van der Waals surface area contributed by atoms with Crippen LogP contribution >= 0.6 is 0 Å². The van der Waals surface area contributed by atoms with E-state index in [0.29, 0.717) is 0 Å². The highest BCUT2D eigenvalue weighted by molar-refractivity contribution is 5.39. The Morgan fingerprint density at radius 3 is 2.94 bits per heavy atom. The van der Waals surface area contributed by atoms with Crippen molar-refractivity contribution in [2.75, 3.05) is 26.2 Å². The van der Waals surface area contributed by atoms with Crippen LogP contribution in [0.1, 0.15) is 24.0 Å². The van der Waals surface area contributed by atoms with E-state index in [1.807, 2.05) is 0 Å². The van der Waals surface area contributed by atoms with Crippen LogP contribution in [0.15, 0.2) is 18.2 Å². The molecular weight excluding hydrogens is 226 g/mol. The van der Waals surface area contributed by atoms with Crippen molar-refractivity contribution in [3.63, 3.8) is 0 Å². The first kappa shape index (κ1) is 12.0. The molecule has 1 N–H and O–H groups in total. The predicted octanol–water partition coefficient (Wildman–Crippen LogP) is 1.62. The lowest BCUT2D eigenvalue weighted by Gasteiger charge is -2.29. The zero-order chi connectivity index (χ0) is 12.4. The van der Waals surface area contributed by atoms with E-state index in [0.717, 1.165) is 57.7 Å². The van der Waals surface area contributed by atoms with Crippen molar-refractivity contribution >= 4 is 0 Å². The molecule has 0 amide bonds. The molecule has 0 saturated carbocycles. The molecule has 3 rings (SSSR count). The predicted molar refractivity (Wildman–Crippen MR) is 71.0 cm³/mol. The van der Waals surface area contributed by atoms with Crippen LogP contribution < -0.4 is 4.74 Å². The topological polar surface area (TPSA) is 32.7 Å². The van der Waals surface area contributed by atoms with E-state index in [2.05, 4.69) is 23.1 Å². The first-order valence-corrected chi connectivity index (χ1v) is 6.96. The van der Waals surface area contributed by atoms with Crippen molar-refractivity contribution in [2.24, 2.45) is 0 Å². The van der Waals surface area contributed by atoms with E-state index in [-0.39, 0.29) is 6.10 Å². The second-order valence-corrected chi connectivity index (χ2v) is 5.36. The van der Waals surface area contributed by atoms with Crippen molar-refractivity contribution < 1.29 is 9.84 Å². The van der Waals surface area contributed by atoms with Crippen molar-refractivity contribution in [2.45, 2.75) is 31.8 Å². The highest BCUT2D eigenvalue weighted by Crippen LogP contribution is 2.26. The van der Waals surface area contributed by atoms with Crippen molar-refractivity contribution in [3.05, 3.63) is 29.3 Å². The molecule has 0 atom stereocenters. The molecule has 18 heavy (non-hydrogen) atoms. The minimum Gasteiger partial charge on any atom is -0.493 e. The zero-order valence-corrected chi connectivity index (χ0v) is 10.8. The molecule has 2 heterocycles. The number of rotatable bonds is 3. The molecule has 0 bridgehead atoms. The molecule has 0 spiro atoms. The molecule has 1 aromatic rings. The van der Waals surface area contributed by atoms with E-state index >= 15 is 0 Å². The van der Waals surface area contributed by atoms with Crippen molar-refractivity contribution in [1.29, 1.82) is 0 Å². The molecule has 2 aliphatic rings. The molecule has 0 aromatic heterocycles. The second-order valence-electron chi connectivity index (χ2n) is 5.36. The number of piperidine rings is 1. The summed E-state index contributed by atoms with van der Waals surface area (Å²) >= 11 is 0. The number of aliphatic hydroxyl groups excluding tert-OH is 1. The highest BCUT2D eigenvalue weighted by atomic mass is 16.5. The molecule has 1 fully saturated rings. The summed E-state index contributed by atoms with van der Waals surface area (Å²) in [6.07, 6.45) is 3.94. The Morgan fingerprint density at radius 2 is 2.11 bits per heavy atom. The summed E-state index contributed by atoms with van der Waals surface area (Å²) < 4.78 is 5.52. The Morgan fingerprint density at radius 1 is 1.28 bits per heavy atom. The first-order valence-electron chi connectivity index (χ1n) is 6.96. The molecule has 0 aliphatic carbocycles. The number of benzene rings is 1. The lowest BCUT2D eigenvalue weighted by Crippen LogP contribution is -2.37. The fraction of sp³-hybridized carbons (Fsp3) is 0.600. The van der Waals surface area contributed by atoms with Crippen LogP contribution in [0.25, 0.3) is 0 Å². The number of nitrogens with zero attached hydrogens (tertiary/aromatic N) is 1. The smallest absolute Gasteiger partial charge is 0.122 e. The van der Waals surface area contributed by atoms with Gasteiger partial charge in [-0.05, 0) is 36.5 Å². The van der Waals surface area contributed by atoms with Gasteiger partial charge in [0.05, 0.1) is 12.7 Å². The Hall–Kier alpha value is -1.06. The van der Waals surface area contributed by atoms with E-state index in [1.165, 1.54) is 11.1 Å². The van der Waals surface area contributed by atoms with Crippen LogP contribution in [-0.2, 0) is 12.8 Å². The van der Waals surface area contributed by atoms with Gasteiger partial charge in [-0.15, -0.1) is 0 Å². The number of ether oxygens (including phenoxy) is 1. The Balaban J connectivity index is 1.54. The van der Waals surface area contributed by atoms with Gasteiger partial charge in [-0.3, -0.25) is 0 Å². The Bertz CT molecular complexity index is 411. The maximum Gasteiger partial charge on any atom is 0.122 e. The first-order chi connectivity index (χ1) is 8.81. The summed E-state index contributed by atoms with van der Waals surface area (Å²) in [7, 11) is 0. The number of hydrogen-bond acceptors (Lipinski definition) is 3. The molecule has 3 nitrogen and oxygen atoms in total. The van der Waals surface area contributed by atoms with Gasteiger partial charge in [0.2, 0.25) is 0 Å². The molecule has 3 heteroatoms. The van der Waals surface area contributed by atoms with Gasteiger partial charge in [0.1, 0.15) is 5.75 Å². The van der Waals surface area contributed by atoms with E-state index in [4.69, 9.17) is 4.74 Å². The molecule has 2 aliphatic heterocycles. The van der Waals surface area contributed by atoms with Gasteiger partial charge in [0.15, 0.2) is 0 Å². The van der Waals surface area contributed by atoms with Crippen LogP contribution in [-0.4, -0.2) is 42.4 Å². The standard InChI is InChI=1S/C15H21NO2/c17-14-4-8-16(9-5-14)7-3-12-1-2-15-13(11-12)6-10-18-15/h1-2,11,14,17H,3-10H2. The summed E-state index contributed by atoms with van der Waals surface area (Å²) in [5, 5.41) is 9.48. The number of aliphatic hydroxyl groups is 1. The number of likely N-dealkylation sites (tertiary alicyclic amines) is 1. The third-order valence-electron chi connectivity index (χ3n) is 4.03. The molecule has 1 aromatic carbocycles. The van der Waals surface area contributed by atoms with Gasteiger partial charge in [0.25, 0.3) is 0 Å². The quantitative estimate of drug-likeness (QED) is 0.881. The molecule has 1 saturated heterocycles. The third-order valence-corrected chi connectivity index (χ3v) is 4.03. The molecule has 98 valence electrons. The van der Waals surface area contributed by atoms with Crippen LogP contribution in [0.3, 0.4) is 0 Å². The Labute approximate surface area is 108 Å². The SMILES string of the molecule is OC1CCN(CCc2ccc3c(c2)CCO3)CC1. The maximum atomic E-state index is 9.48. The number of hydrogen-bond donors (Lipinski definition) is 1. The van der Waals surface area contributed by atoms with E-state index in [1.54, 1.807) is 0 Å². The molecule has 0 radical (unpaired) electrons. The molecular formula is C15H21NO2. The summed E-state index contributed by atoms with van der Waals surface area (Å²) in [6.45, 7) is 4.01. The van der Waals surface area contributed by atoms with Crippen LogP contribution in [0.2, 0.25) is 0 Å². The zero-order valence-electron chi connectivity index (χ0n) is 10.8. The summed E-state index contributed by atoms with van der Waals surface area (Å²) in [6, 6.07) is 6.59. The minimum absolute atomic E-state index is 0.0709. The van der Waals surface area contributed by atoms with Crippen molar-refractivity contribution in [1.82, 2.24) is 4.90 Å². The maximum absolute atomic E-state index is 9.48. The highest BCUT2D eigenvalue weighted by Gasteiger charge is 2.17. The average Bonchev–Trinajstić information content (AvgIpc) is 2.85. The monoisotopic (exact) mass is 247 g/mol. The minimum atomic E-state index is -0.0709. The van der Waals surface area contributed by atoms with Crippen LogP contribution in [0.5, 0.6) is 5.75 Å². The lowest BCUT2D eigenvalue weighted by molar-refractivity contribution is 0.0832. The van der Waals surface area contributed by atoms with E-state index in [9.17, 15) is 5.11 Å². The van der Waals surface area contributed by atoms with Crippen molar-refractivity contribution in [3.8, 4) is 5.75 Å². The summed E-state index contributed by atoms with van der Waals surface area (Å²) in [5.74, 6) is 1.07. The fourth-order valence-corrected chi connectivity index (χ4v) is 2.83. The van der Waals surface area contributed by atoms with Gasteiger partial charge >= 0.3 is 0 Å². The van der Waals surface area contributed by atoms with Crippen LogP contribution in [0.4, 0.5) is 0 Å². The van der Waals surface area contributed by atoms with E-state index < -0.39 is 0 Å². The van der Waals surface area contributed by atoms with Crippen LogP contribution in [0, 0.1) is 0 Å². The second kappa shape index (κ2) is 5.29. The largest absolute Gasteiger partial charge is 0.493 e. The lowest BCUT2D eigenvalue weighted by atomic mass is 10.0. The van der Waals surface area contributed by atoms with Gasteiger partial charge in [-0.25, -0.2) is 0 Å². The van der Waals surface area contributed by atoms with Gasteiger partial charge in [-0.2, -0.15) is 0 Å². The Kier molecular flexibility index (Phi) is 3.52. The van der Waals surface area contributed by atoms with Gasteiger partial charge < -0.3 is 14.7 Å². The summed E-state index contributed by atoms with van der Waals surface area (Å²) in [5.41, 5.74) is 2.77. The average molecular weight is 247 g/mol. The normalized spacial score (nSPS) is 20.7. The van der Waals surface area contributed by atoms with Gasteiger partial charge in [-0.1, -0.05) is 12.1 Å². The summed E-state index contributed by atoms with van der Waals surface area (Å²) in [4.78, 5) is 2.45. The molecule has 0 unspecified atom stereocenters.